The predicted octanol–water partition coefficient (Wildman–Crippen LogP) is 4.47. The number of hydrogen-bond donors (Lipinski definition) is 0. The molecule has 0 N–H and O–H groups in total. The van der Waals surface area contributed by atoms with E-state index in [1.807, 2.05) is 30.0 Å². The van der Waals surface area contributed by atoms with E-state index in [-0.39, 0.29) is 5.91 Å². The Morgan fingerprint density at radius 1 is 1.24 bits per heavy atom. The first-order valence-electron chi connectivity index (χ1n) is 8.92. The number of benzene rings is 1. The molecule has 1 aromatic heterocycles. The highest BCUT2D eigenvalue weighted by Gasteiger charge is 2.22. The van der Waals surface area contributed by atoms with Gasteiger partial charge in [-0.25, -0.2) is 0 Å². The molecule has 0 radical (unpaired) electrons. The number of nitrogens with zero attached hydrogens (tertiary/aromatic N) is 2. The number of rotatable bonds is 6. The van der Waals surface area contributed by atoms with Gasteiger partial charge in [-0.1, -0.05) is 11.6 Å². The van der Waals surface area contributed by atoms with Gasteiger partial charge >= 0.3 is 0 Å². The standard InChI is InChI=1S/C20H25ClN2O2/c1-16-15-17(21)6-7-19(16)25-14-4-5-20(24)23-12-8-18(9-13-23)22-10-2-3-11-22/h2-3,6-7,10-11,15,18H,4-5,8-9,12-14H2,1H3. The minimum absolute atomic E-state index is 0.238. The molecule has 25 heavy (non-hydrogen) atoms. The molecule has 0 aliphatic carbocycles. The van der Waals surface area contributed by atoms with Crippen LogP contribution in [0.5, 0.6) is 5.75 Å². The average molecular weight is 361 g/mol. The Kier molecular flexibility index (Phi) is 6.03. The third-order valence-corrected chi connectivity index (χ3v) is 5.03. The van der Waals surface area contributed by atoms with E-state index in [0.29, 0.717) is 24.1 Å². The number of likely N-dealkylation sites (tertiary alicyclic amines) is 1. The van der Waals surface area contributed by atoms with Crippen molar-refractivity contribution in [3.63, 3.8) is 0 Å². The Hall–Kier alpha value is -1.94. The smallest absolute Gasteiger partial charge is 0.222 e. The molecular formula is C20H25ClN2O2. The zero-order valence-electron chi connectivity index (χ0n) is 14.7. The van der Waals surface area contributed by atoms with Gasteiger partial charge in [-0.3, -0.25) is 4.79 Å². The highest BCUT2D eigenvalue weighted by Crippen LogP contribution is 2.24. The van der Waals surface area contributed by atoms with Gasteiger partial charge < -0.3 is 14.2 Å². The Morgan fingerprint density at radius 3 is 2.64 bits per heavy atom. The van der Waals surface area contributed by atoms with Crippen LogP contribution in [0.1, 0.15) is 37.3 Å². The molecule has 1 fully saturated rings. The van der Waals surface area contributed by atoms with E-state index in [9.17, 15) is 4.79 Å². The zero-order valence-corrected chi connectivity index (χ0v) is 15.4. The molecule has 1 aliphatic heterocycles. The van der Waals surface area contributed by atoms with E-state index in [2.05, 4.69) is 29.1 Å². The molecule has 0 saturated carbocycles. The van der Waals surface area contributed by atoms with Crippen molar-refractivity contribution in [1.82, 2.24) is 9.47 Å². The van der Waals surface area contributed by atoms with Crippen molar-refractivity contribution < 1.29 is 9.53 Å². The van der Waals surface area contributed by atoms with E-state index in [1.54, 1.807) is 0 Å². The maximum absolute atomic E-state index is 12.4. The zero-order chi connectivity index (χ0) is 17.6. The number of aromatic nitrogens is 1. The van der Waals surface area contributed by atoms with Crippen molar-refractivity contribution in [2.24, 2.45) is 0 Å². The number of ether oxygens (including phenoxy) is 1. The lowest BCUT2D eigenvalue weighted by molar-refractivity contribution is -0.132. The number of amides is 1. The van der Waals surface area contributed by atoms with E-state index < -0.39 is 0 Å². The first-order valence-corrected chi connectivity index (χ1v) is 9.30. The van der Waals surface area contributed by atoms with Crippen molar-refractivity contribution in [2.75, 3.05) is 19.7 Å². The molecule has 0 spiro atoms. The van der Waals surface area contributed by atoms with Crippen LogP contribution in [0.2, 0.25) is 5.02 Å². The Bertz CT molecular complexity index is 692. The first-order chi connectivity index (χ1) is 12.1. The van der Waals surface area contributed by atoms with Gasteiger partial charge in [0.2, 0.25) is 5.91 Å². The minimum atomic E-state index is 0.238. The third kappa shape index (κ3) is 4.79. The number of halogens is 1. The summed E-state index contributed by atoms with van der Waals surface area (Å²) in [6.07, 6.45) is 7.55. The largest absolute Gasteiger partial charge is 0.493 e. The summed E-state index contributed by atoms with van der Waals surface area (Å²) in [7, 11) is 0. The van der Waals surface area contributed by atoms with Crippen LogP contribution in [0.25, 0.3) is 0 Å². The number of carbonyl (C=O) groups excluding carboxylic acids is 1. The van der Waals surface area contributed by atoms with Crippen molar-refractivity contribution in [3.05, 3.63) is 53.3 Å². The number of hydrogen-bond acceptors (Lipinski definition) is 2. The van der Waals surface area contributed by atoms with Crippen LogP contribution in [0.3, 0.4) is 0 Å². The molecule has 0 atom stereocenters. The van der Waals surface area contributed by atoms with Crippen LogP contribution in [-0.4, -0.2) is 35.1 Å². The van der Waals surface area contributed by atoms with Crippen molar-refractivity contribution >= 4 is 17.5 Å². The first kappa shape index (κ1) is 17.9. The Balaban J connectivity index is 1.37. The fraction of sp³-hybridized carbons (Fsp3) is 0.450. The molecule has 0 unspecified atom stereocenters. The monoisotopic (exact) mass is 360 g/mol. The van der Waals surface area contributed by atoms with Gasteiger partial charge in [-0.15, -0.1) is 0 Å². The highest BCUT2D eigenvalue weighted by atomic mass is 35.5. The summed E-state index contributed by atoms with van der Waals surface area (Å²) in [4.78, 5) is 14.4. The highest BCUT2D eigenvalue weighted by molar-refractivity contribution is 6.30. The fourth-order valence-corrected chi connectivity index (χ4v) is 3.57. The van der Waals surface area contributed by atoms with Gasteiger partial charge in [-0.2, -0.15) is 0 Å². The summed E-state index contributed by atoms with van der Waals surface area (Å²) in [5.74, 6) is 1.08. The average Bonchev–Trinajstić information content (AvgIpc) is 3.15. The number of carbonyl (C=O) groups is 1. The minimum Gasteiger partial charge on any atom is -0.493 e. The quantitative estimate of drug-likeness (QED) is 0.712. The van der Waals surface area contributed by atoms with Gasteiger partial charge in [0.15, 0.2) is 0 Å². The molecular weight excluding hydrogens is 336 g/mol. The van der Waals surface area contributed by atoms with Crippen LogP contribution < -0.4 is 4.74 Å². The van der Waals surface area contributed by atoms with Crippen LogP contribution in [0.15, 0.2) is 42.7 Å². The molecule has 0 bridgehead atoms. The van der Waals surface area contributed by atoms with E-state index in [4.69, 9.17) is 16.3 Å². The fourth-order valence-electron chi connectivity index (χ4n) is 3.34. The van der Waals surface area contributed by atoms with Gasteiger partial charge in [-0.05, 0) is 62.1 Å². The molecule has 3 rings (SSSR count). The van der Waals surface area contributed by atoms with E-state index >= 15 is 0 Å². The van der Waals surface area contributed by atoms with Gasteiger partial charge in [0.05, 0.1) is 6.61 Å². The Morgan fingerprint density at radius 2 is 1.96 bits per heavy atom. The topological polar surface area (TPSA) is 34.5 Å². The van der Waals surface area contributed by atoms with Crippen molar-refractivity contribution in [2.45, 2.75) is 38.6 Å². The van der Waals surface area contributed by atoms with Crippen LogP contribution in [-0.2, 0) is 4.79 Å². The van der Waals surface area contributed by atoms with Gasteiger partial charge in [0.1, 0.15) is 5.75 Å². The van der Waals surface area contributed by atoms with Crippen LogP contribution in [0, 0.1) is 6.92 Å². The maximum Gasteiger partial charge on any atom is 0.222 e. The van der Waals surface area contributed by atoms with Crippen molar-refractivity contribution in [1.29, 1.82) is 0 Å². The van der Waals surface area contributed by atoms with Crippen LogP contribution >= 0.6 is 11.6 Å². The second kappa shape index (κ2) is 8.43. The molecule has 2 heterocycles. The SMILES string of the molecule is Cc1cc(Cl)ccc1OCCCC(=O)N1CCC(n2cccc2)CC1. The lowest BCUT2D eigenvalue weighted by Gasteiger charge is -2.33. The summed E-state index contributed by atoms with van der Waals surface area (Å²) >= 11 is 5.94. The summed E-state index contributed by atoms with van der Waals surface area (Å²) in [5.41, 5.74) is 1.02. The van der Waals surface area contributed by atoms with E-state index in [0.717, 1.165) is 43.7 Å². The third-order valence-electron chi connectivity index (χ3n) is 4.80. The summed E-state index contributed by atoms with van der Waals surface area (Å²) in [6.45, 7) is 4.22. The van der Waals surface area contributed by atoms with Gasteiger partial charge in [0.25, 0.3) is 0 Å². The molecule has 5 heteroatoms. The normalized spacial score (nSPS) is 15.4. The van der Waals surface area contributed by atoms with Crippen molar-refractivity contribution in [3.8, 4) is 5.75 Å². The lowest BCUT2D eigenvalue weighted by Crippen LogP contribution is -2.38. The molecule has 1 amide bonds. The Labute approximate surface area is 154 Å². The van der Waals surface area contributed by atoms with Crippen LogP contribution in [0.4, 0.5) is 0 Å². The molecule has 1 saturated heterocycles. The van der Waals surface area contributed by atoms with E-state index in [1.165, 1.54) is 0 Å². The molecule has 134 valence electrons. The summed E-state index contributed by atoms with van der Waals surface area (Å²) in [5, 5.41) is 0.711. The molecule has 4 nitrogen and oxygen atoms in total. The lowest BCUT2D eigenvalue weighted by atomic mass is 10.0. The molecule has 2 aromatic rings. The second-order valence-electron chi connectivity index (χ2n) is 6.60. The second-order valence-corrected chi connectivity index (χ2v) is 7.04. The number of aryl methyl sites for hydroxylation is 1. The predicted molar refractivity (Wildman–Crippen MR) is 100 cm³/mol. The summed E-state index contributed by atoms with van der Waals surface area (Å²) in [6, 6.07) is 10.2. The number of piperidine rings is 1. The summed E-state index contributed by atoms with van der Waals surface area (Å²) < 4.78 is 8.02. The molecule has 1 aromatic carbocycles. The molecule has 1 aliphatic rings. The van der Waals surface area contributed by atoms with Gasteiger partial charge in [0, 0.05) is 43.0 Å². The maximum atomic E-state index is 12.4.